The van der Waals surface area contributed by atoms with Crippen molar-refractivity contribution in [2.24, 2.45) is 5.41 Å². The number of rotatable bonds is 3. The maximum atomic E-state index is 13.6. The molecule has 5 heterocycles. The predicted octanol–water partition coefficient (Wildman–Crippen LogP) is 1.23. The second-order valence-electron chi connectivity index (χ2n) is 9.64. The minimum atomic E-state index is -0.523. The molecule has 0 radical (unpaired) electrons. The predicted molar refractivity (Wildman–Crippen MR) is 129 cm³/mol. The molecule has 5 aliphatic rings. The molecule has 0 saturated carbocycles. The zero-order valence-corrected chi connectivity index (χ0v) is 20.7. The molecule has 0 aromatic heterocycles. The summed E-state index contributed by atoms with van der Waals surface area (Å²) in [6, 6.07) is 1.08. The molecule has 5 rings (SSSR count). The third kappa shape index (κ3) is 5.28. The maximum absolute atomic E-state index is 13.6. The summed E-state index contributed by atoms with van der Waals surface area (Å²) >= 11 is 0. The SMILES string of the molecule is Cl.Cl.Cl.O=C(CC1(C(=O)N2CCN3CCCC3C2)CCNC1)N1CCN2CCCC2C1. The molecule has 5 fully saturated rings. The van der Waals surface area contributed by atoms with Crippen molar-refractivity contribution in [1.82, 2.24) is 24.9 Å². The Bertz CT molecular complexity index is 634. The van der Waals surface area contributed by atoms with Crippen LogP contribution in [0, 0.1) is 5.41 Å². The van der Waals surface area contributed by atoms with Crippen LogP contribution in [-0.2, 0) is 9.59 Å². The first-order chi connectivity index (χ1) is 13.6. The summed E-state index contributed by atoms with van der Waals surface area (Å²) in [5, 5.41) is 3.39. The molecule has 0 aromatic rings. The fraction of sp³-hybridized carbons (Fsp3) is 0.905. The summed E-state index contributed by atoms with van der Waals surface area (Å²) in [6.45, 7) is 9.24. The van der Waals surface area contributed by atoms with E-state index in [2.05, 4.69) is 24.9 Å². The Hall–Kier alpha value is -0.310. The highest BCUT2D eigenvalue weighted by Crippen LogP contribution is 2.35. The first-order valence-electron chi connectivity index (χ1n) is 11.4. The molecule has 3 atom stereocenters. The summed E-state index contributed by atoms with van der Waals surface area (Å²) in [4.78, 5) is 36.0. The van der Waals surface area contributed by atoms with E-state index in [0.717, 1.165) is 52.2 Å². The van der Waals surface area contributed by atoms with Crippen molar-refractivity contribution in [3.05, 3.63) is 0 Å². The molecule has 0 spiro atoms. The highest BCUT2D eigenvalue weighted by Gasteiger charge is 2.48. The van der Waals surface area contributed by atoms with Crippen molar-refractivity contribution in [3.63, 3.8) is 0 Å². The summed E-state index contributed by atoms with van der Waals surface area (Å²) in [6.07, 6.45) is 6.11. The first kappa shape index (κ1) is 26.9. The Labute approximate surface area is 204 Å². The molecule has 0 bridgehead atoms. The molecule has 0 aliphatic carbocycles. The molecule has 2 amide bonds. The minimum Gasteiger partial charge on any atom is -0.340 e. The normalized spacial score (nSPS) is 33.0. The Morgan fingerprint density at radius 2 is 1.39 bits per heavy atom. The summed E-state index contributed by atoms with van der Waals surface area (Å²) in [7, 11) is 0. The van der Waals surface area contributed by atoms with Gasteiger partial charge in [0.25, 0.3) is 0 Å². The molecule has 5 aliphatic heterocycles. The van der Waals surface area contributed by atoms with E-state index in [9.17, 15) is 9.59 Å². The van der Waals surface area contributed by atoms with Gasteiger partial charge in [-0.05, 0) is 51.7 Å². The van der Waals surface area contributed by atoms with Crippen LogP contribution in [0.1, 0.15) is 38.5 Å². The van der Waals surface area contributed by atoms with Crippen LogP contribution < -0.4 is 5.32 Å². The van der Waals surface area contributed by atoms with E-state index >= 15 is 0 Å². The lowest BCUT2D eigenvalue weighted by molar-refractivity contribution is -0.150. The van der Waals surface area contributed by atoms with Crippen molar-refractivity contribution in [2.45, 2.75) is 50.6 Å². The number of piperazine rings is 2. The van der Waals surface area contributed by atoms with E-state index in [0.29, 0.717) is 25.0 Å². The Balaban J connectivity index is 0.00000114. The van der Waals surface area contributed by atoms with Crippen molar-refractivity contribution in [3.8, 4) is 0 Å². The molecule has 3 unspecified atom stereocenters. The molecular formula is C21H38Cl3N5O2. The van der Waals surface area contributed by atoms with Gasteiger partial charge in [-0.15, -0.1) is 37.2 Å². The molecule has 1 N–H and O–H groups in total. The molecule has 180 valence electrons. The van der Waals surface area contributed by atoms with Crippen molar-refractivity contribution in [2.75, 3.05) is 65.4 Å². The van der Waals surface area contributed by atoms with Crippen LogP contribution in [0.25, 0.3) is 0 Å². The third-order valence-corrected chi connectivity index (χ3v) is 8.00. The molecule has 31 heavy (non-hydrogen) atoms. The standard InChI is InChI=1S/C21H35N5O2.3ClH/c27-19(25-11-9-23-7-1-3-17(23)14-25)13-21(5-6-22-16-21)20(28)26-12-10-24-8-2-4-18(24)15-26;;;/h17-18,22H,1-16H2;3*1H. The highest BCUT2D eigenvalue weighted by atomic mass is 35.5. The van der Waals surface area contributed by atoms with Gasteiger partial charge in [-0.2, -0.15) is 0 Å². The van der Waals surface area contributed by atoms with Crippen LogP contribution in [0.4, 0.5) is 0 Å². The van der Waals surface area contributed by atoms with E-state index < -0.39 is 5.41 Å². The zero-order chi connectivity index (χ0) is 19.1. The van der Waals surface area contributed by atoms with Crippen LogP contribution in [0.3, 0.4) is 0 Å². The topological polar surface area (TPSA) is 59.1 Å². The maximum Gasteiger partial charge on any atom is 0.230 e. The number of amides is 2. The van der Waals surface area contributed by atoms with E-state index in [-0.39, 0.29) is 49.0 Å². The number of fused-ring (bicyclic) bond motifs is 2. The number of carbonyl (C=O) groups is 2. The van der Waals surface area contributed by atoms with Gasteiger partial charge in [0.1, 0.15) is 0 Å². The van der Waals surface area contributed by atoms with E-state index in [1.165, 1.54) is 38.8 Å². The largest absolute Gasteiger partial charge is 0.340 e. The second-order valence-corrected chi connectivity index (χ2v) is 9.64. The average molecular weight is 499 g/mol. The van der Waals surface area contributed by atoms with Crippen molar-refractivity contribution < 1.29 is 9.59 Å². The number of nitrogens with zero attached hydrogens (tertiary/aromatic N) is 4. The van der Waals surface area contributed by atoms with Gasteiger partial charge in [-0.1, -0.05) is 0 Å². The minimum absolute atomic E-state index is 0. The van der Waals surface area contributed by atoms with Crippen LogP contribution in [0.15, 0.2) is 0 Å². The number of hydrogen-bond acceptors (Lipinski definition) is 5. The first-order valence-corrected chi connectivity index (χ1v) is 11.4. The van der Waals surface area contributed by atoms with Gasteiger partial charge in [0.2, 0.25) is 11.8 Å². The fourth-order valence-electron chi connectivity index (χ4n) is 6.28. The van der Waals surface area contributed by atoms with Gasteiger partial charge in [-0.3, -0.25) is 19.4 Å². The quantitative estimate of drug-likeness (QED) is 0.634. The van der Waals surface area contributed by atoms with Gasteiger partial charge < -0.3 is 15.1 Å². The summed E-state index contributed by atoms with van der Waals surface area (Å²) in [5.41, 5.74) is -0.523. The van der Waals surface area contributed by atoms with Crippen molar-refractivity contribution in [1.29, 1.82) is 0 Å². The van der Waals surface area contributed by atoms with Crippen LogP contribution in [-0.4, -0.2) is 109 Å². The Morgan fingerprint density at radius 3 is 1.97 bits per heavy atom. The average Bonchev–Trinajstić information content (AvgIpc) is 3.46. The number of hydrogen-bond donors (Lipinski definition) is 1. The van der Waals surface area contributed by atoms with Crippen LogP contribution in [0.5, 0.6) is 0 Å². The smallest absolute Gasteiger partial charge is 0.230 e. The lowest BCUT2D eigenvalue weighted by Crippen LogP contribution is -2.57. The third-order valence-electron chi connectivity index (χ3n) is 8.00. The van der Waals surface area contributed by atoms with Gasteiger partial charge in [-0.25, -0.2) is 0 Å². The zero-order valence-electron chi connectivity index (χ0n) is 18.3. The number of nitrogens with one attached hydrogen (secondary N) is 1. The lowest BCUT2D eigenvalue weighted by Gasteiger charge is -2.42. The highest BCUT2D eigenvalue weighted by molar-refractivity contribution is 5.90. The van der Waals surface area contributed by atoms with E-state index in [1.807, 2.05) is 0 Å². The molecular weight excluding hydrogens is 461 g/mol. The molecule has 10 heteroatoms. The molecule has 0 aromatic carbocycles. The van der Waals surface area contributed by atoms with Crippen LogP contribution in [0.2, 0.25) is 0 Å². The van der Waals surface area contributed by atoms with Crippen LogP contribution >= 0.6 is 37.2 Å². The second kappa shape index (κ2) is 11.2. The monoisotopic (exact) mass is 497 g/mol. The Morgan fingerprint density at radius 1 is 0.806 bits per heavy atom. The Kier molecular flexibility index (Phi) is 9.74. The summed E-state index contributed by atoms with van der Waals surface area (Å²) < 4.78 is 0. The molecule has 7 nitrogen and oxygen atoms in total. The fourth-order valence-corrected chi connectivity index (χ4v) is 6.28. The van der Waals surface area contributed by atoms with Gasteiger partial charge in [0.15, 0.2) is 0 Å². The van der Waals surface area contributed by atoms with E-state index in [1.54, 1.807) is 0 Å². The molecule has 5 saturated heterocycles. The van der Waals surface area contributed by atoms with Gasteiger partial charge in [0, 0.05) is 64.3 Å². The number of carbonyl (C=O) groups excluding carboxylic acids is 2. The number of halogens is 3. The van der Waals surface area contributed by atoms with Crippen molar-refractivity contribution >= 4 is 49.0 Å². The lowest BCUT2D eigenvalue weighted by atomic mass is 9.81. The van der Waals surface area contributed by atoms with E-state index in [4.69, 9.17) is 0 Å². The van der Waals surface area contributed by atoms with Gasteiger partial charge in [0.05, 0.1) is 5.41 Å². The van der Waals surface area contributed by atoms with Gasteiger partial charge >= 0.3 is 0 Å². The summed E-state index contributed by atoms with van der Waals surface area (Å²) in [5.74, 6) is 0.431.